The zero-order valence-electron chi connectivity index (χ0n) is 45.7. The lowest BCUT2D eigenvalue weighted by atomic mass is 9.81. The zero-order chi connectivity index (χ0) is 59.4. The number of pyridine rings is 1. The lowest BCUT2D eigenvalue weighted by molar-refractivity contribution is -0.185. The Bertz CT molecular complexity index is 3230. The number of benzene rings is 2. The number of hydrogen-bond acceptors (Lipinski definition) is 17. The van der Waals surface area contributed by atoms with Gasteiger partial charge in [-0.2, -0.15) is 8.42 Å². The summed E-state index contributed by atoms with van der Waals surface area (Å²) in [6.07, 6.45) is -0.111. The van der Waals surface area contributed by atoms with Crippen LogP contribution in [0.25, 0.3) is 16.6 Å². The van der Waals surface area contributed by atoms with Crippen LogP contribution in [0.1, 0.15) is 98.8 Å². The molecular weight excluding hydrogens is 1090 g/mol. The Morgan fingerprint density at radius 3 is 2.30 bits per heavy atom. The highest BCUT2D eigenvalue weighted by molar-refractivity contribution is 7.87. The van der Waals surface area contributed by atoms with E-state index in [1.165, 1.54) is 11.0 Å². The molecule has 1 saturated heterocycles. The number of amides is 7. The van der Waals surface area contributed by atoms with Gasteiger partial charge in [0.1, 0.15) is 31.4 Å². The fraction of sp³-hybridized carbons (Fsp3) is 0.509. The molecule has 7 atom stereocenters. The summed E-state index contributed by atoms with van der Waals surface area (Å²) in [5.74, 6) is -6.85. The maximum atomic E-state index is 15.4. The topological polar surface area (TPSA) is 362 Å². The fourth-order valence-corrected chi connectivity index (χ4v) is 12.0. The number of aliphatic hydroxyl groups is 3. The minimum absolute atomic E-state index is 0.0231. The van der Waals surface area contributed by atoms with Crippen LogP contribution in [0.4, 0.5) is 4.39 Å². The van der Waals surface area contributed by atoms with E-state index >= 15 is 4.39 Å². The smallest absolute Gasteiger partial charge is 0.345 e. The monoisotopic (exact) mass is 1160 g/mol. The van der Waals surface area contributed by atoms with Crippen molar-refractivity contribution in [2.24, 2.45) is 11.8 Å². The molecule has 10 N–H and O–H groups in total. The summed E-state index contributed by atoms with van der Waals surface area (Å²) in [5.41, 5.74) is 3.18. The first-order valence-electron chi connectivity index (χ1n) is 27.1. The van der Waals surface area contributed by atoms with E-state index < -0.39 is 126 Å². The van der Waals surface area contributed by atoms with E-state index in [4.69, 9.17) is 14.5 Å². The predicted octanol–water partition coefficient (Wildman–Crippen LogP) is -0.315. The molecule has 4 aliphatic heterocycles. The molecule has 2 aromatic carbocycles. The van der Waals surface area contributed by atoms with Crippen molar-refractivity contribution in [2.75, 3.05) is 46.1 Å². The van der Waals surface area contributed by atoms with Crippen LogP contribution in [0.3, 0.4) is 0 Å². The third-order valence-electron chi connectivity index (χ3n) is 15.7. The molecule has 8 rings (SSSR count). The Balaban J connectivity index is 0.800. The summed E-state index contributed by atoms with van der Waals surface area (Å²) >= 11 is 0. The zero-order valence-corrected chi connectivity index (χ0v) is 46.5. The van der Waals surface area contributed by atoms with Crippen LogP contribution in [0.15, 0.2) is 53.6 Å². The van der Waals surface area contributed by atoms with Gasteiger partial charge in [-0.15, -0.1) is 0 Å². The summed E-state index contributed by atoms with van der Waals surface area (Å²) in [7, 11) is -4.93. The normalized spacial score (nSPS) is 21.7. The average Bonchev–Trinajstić information content (AvgIpc) is 1.67. The summed E-state index contributed by atoms with van der Waals surface area (Å²) in [6, 6.07) is 8.04. The van der Waals surface area contributed by atoms with Crippen LogP contribution in [-0.4, -0.2) is 166 Å². The summed E-state index contributed by atoms with van der Waals surface area (Å²) in [5, 5.41) is 46.2. The number of carbonyl (C=O) groups excluding carboxylic acids is 8. The number of ether oxygens (including phenoxy) is 2. The van der Waals surface area contributed by atoms with E-state index in [2.05, 4.69) is 31.9 Å². The number of fused-ring (bicyclic) bond motifs is 4. The van der Waals surface area contributed by atoms with Gasteiger partial charge in [-0.25, -0.2) is 14.2 Å². The molecule has 442 valence electrons. The second kappa shape index (κ2) is 25.4. The van der Waals surface area contributed by atoms with E-state index in [0.29, 0.717) is 51.8 Å². The van der Waals surface area contributed by atoms with Crippen molar-refractivity contribution in [3.05, 3.63) is 92.9 Å². The molecule has 0 spiro atoms. The van der Waals surface area contributed by atoms with Crippen molar-refractivity contribution in [1.29, 1.82) is 0 Å². The van der Waals surface area contributed by atoms with Crippen molar-refractivity contribution in [1.82, 2.24) is 46.7 Å². The van der Waals surface area contributed by atoms with Crippen LogP contribution < -0.4 is 31.9 Å². The van der Waals surface area contributed by atoms with Crippen LogP contribution in [-0.2, 0) is 77.3 Å². The number of likely N-dealkylation sites (tertiary alicyclic amines) is 1. The number of nitrogens with zero attached hydrogens (tertiary/aromatic N) is 3. The first-order chi connectivity index (χ1) is 38.9. The van der Waals surface area contributed by atoms with Crippen LogP contribution in [0.2, 0.25) is 0 Å². The molecule has 0 radical (unpaired) electrons. The van der Waals surface area contributed by atoms with E-state index in [1.807, 2.05) is 18.7 Å². The Labute approximate surface area is 471 Å². The number of rotatable bonds is 24. The number of aryl methyl sites for hydroxylation is 1. The van der Waals surface area contributed by atoms with Gasteiger partial charge < -0.3 is 66.5 Å². The van der Waals surface area contributed by atoms with Gasteiger partial charge in [0.15, 0.2) is 10.9 Å². The van der Waals surface area contributed by atoms with Crippen molar-refractivity contribution in [2.45, 2.75) is 121 Å². The number of unbranched alkanes of at least 4 members (excludes halogenated alkanes) is 1. The number of halogens is 1. The molecule has 1 fully saturated rings. The minimum atomic E-state index is -4.93. The molecule has 27 heteroatoms. The van der Waals surface area contributed by atoms with Gasteiger partial charge in [0.05, 0.1) is 42.6 Å². The van der Waals surface area contributed by atoms with Gasteiger partial charge in [0.2, 0.25) is 47.6 Å². The molecule has 5 aliphatic rings. The molecular formula is C55H68FN9O16S. The fourth-order valence-electron chi connectivity index (χ4n) is 11.2. The number of aliphatic hydroxyl groups excluding tert-OH is 2. The predicted molar refractivity (Wildman–Crippen MR) is 288 cm³/mol. The lowest BCUT2D eigenvalue weighted by Crippen LogP contribution is -2.52. The number of esters is 1. The number of nitrogens with one attached hydrogen (secondary N) is 6. The highest BCUT2D eigenvalue weighted by atomic mass is 32.2. The van der Waals surface area contributed by atoms with E-state index in [9.17, 15) is 66.6 Å². The Morgan fingerprint density at radius 1 is 0.927 bits per heavy atom. The van der Waals surface area contributed by atoms with Crippen LogP contribution in [0, 0.1) is 24.6 Å². The molecule has 5 heterocycles. The molecule has 25 nitrogen and oxygen atoms in total. The molecule has 0 saturated carbocycles. The Morgan fingerprint density at radius 2 is 1.62 bits per heavy atom. The van der Waals surface area contributed by atoms with Crippen molar-refractivity contribution < 1.29 is 80.5 Å². The number of carbonyl (C=O) groups is 8. The van der Waals surface area contributed by atoms with Crippen molar-refractivity contribution in [3.8, 4) is 0 Å². The minimum Gasteiger partial charge on any atom is -0.429 e. The summed E-state index contributed by atoms with van der Waals surface area (Å²) in [6.45, 7) is 4.56. The maximum Gasteiger partial charge on any atom is 0.345 e. The van der Waals surface area contributed by atoms with E-state index in [-0.39, 0.29) is 81.5 Å². The van der Waals surface area contributed by atoms with Gasteiger partial charge in [-0.3, -0.25) is 38.1 Å². The number of hydrogen-bond donors (Lipinski definition) is 10. The molecule has 1 aromatic heterocycles. The highest BCUT2D eigenvalue weighted by Gasteiger charge is 2.50. The van der Waals surface area contributed by atoms with Gasteiger partial charge in [-0.1, -0.05) is 51.1 Å². The van der Waals surface area contributed by atoms with Crippen LogP contribution >= 0.6 is 0 Å². The Kier molecular flexibility index (Phi) is 18.8. The average molecular weight is 1160 g/mol. The standard InChI is InChI=1S/C55H68FN9O16S/c1-5-55(76)35-19-40-49-34(25-64(40)24-33(35)53(74)81-54(55)75)48-37(15-14-31-29(4)36(56)20-38(63-49)47(31)48)61-45(69)26-80-27-60-43(67)22-58-50(71)39(17-30-11-7-6-8-12-30)62-44(68)23-57-42(66)21-59-51(72)41(82(77,78)79)13-9-10-16-65-46(70)18-32(28(2)3)52(65)73/h6-8,11-12,19-20,28,32,37,39,41,52-53,73-74,76H,5,9-10,13-18,21-27H2,1-4H3,(H,57,66)(H,58,71)(H,59,72)(H,60,67)(H,61,69)(H,62,68)(H,77,78,79)/t32?,37-,39?,41?,52?,53?,55-/m0/s1. The second-order valence-electron chi connectivity index (χ2n) is 21.4. The van der Waals surface area contributed by atoms with Gasteiger partial charge in [-0.05, 0) is 79.7 Å². The van der Waals surface area contributed by atoms with E-state index in [1.54, 1.807) is 50.3 Å². The third kappa shape index (κ3) is 13.2. The largest absolute Gasteiger partial charge is 0.429 e. The SMILES string of the molecule is CC[C@@]1(O)C(=O)OC(O)C2=C1C=C1c3nc4cc(F)c(C)c5c4c(c3CN1C2)[C@@H](NC(=O)COCNC(=O)CNC(=O)C(Cc1ccccc1)NC(=O)CNC(=O)CNC(=O)C(CCCCN1C(=O)CC(C(C)C)C1O)S(=O)(=O)O)CC5. The molecule has 0 bridgehead atoms. The first-order valence-corrected chi connectivity index (χ1v) is 28.6. The van der Waals surface area contributed by atoms with Gasteiger partial charge in [0, 0.05) is 66.6 Å². The molecule has 3 aromatic rings. The van der Waals surface area contributed by atoms with Gasteiger partial charge >= 0.3 is 5.97 Å². The Hall–Kier alpha value is -7.43. The molecule has 82 heavy (non-hydrogen) atoms. The van der Waals surface area contributed by atoms with Gasteiger partial charge in [0.25, 0.3) is 10.1 Å². The van der Waals surface area contributed by atoms with Crippen LogP contribution in [0.5, 0.6) is 0 Å². The summed E-state index contributed by atoms with van der Waals surface area (Å²) in [4.78, 5) is 112. The lowest BCUT2D eigenvalue weighted by Gasteiger charge is -2.39. The van der Waals surface area contributed by atoms with E-state index in [0.717, 1.165) is 16.7 Å². The van der Waals surface area contributed by atoms with Crippen molar-refractivity contribution in [3.63, 3.8) is 0 Å². The highest BCUT2D eigenvalue weighted by Crippen LogP contribution is 2.48. The third-order valence-corrected chi connectivity index (χ3v) is 16.9. The number of cyclic esters (lactones) is 1. The second-order valence-corrected chi connectivity index (χ2v) is 23.0. The molecule has 1 aliphatic carbocycles. The summed E-state index contributed by atoms with van der Waals surface area (Å²) < 4.78 is 60.0. The molecule has 7 amide bonds. The van der Waals surface area contributed by atoms with Crippen molar-refractivity contribution >= 4 is 74.0 Å². The maximum absolute atomic E-state index is 15.4. The first kappa shape index (κ1) is 60.7. The number of aromatic nitrogens is 1. The quantitative estimate of drug-likeness (QED) is 0.0238. The molecule has 5 unspecified atom stereocenters.